The zero-order valence-electron chi connectivity index (χ0n) is 14.6. The predicted molar refractivity (Wildman–Crippen MR) is 105 cm³/mol. The smallest absolute Gasteiger partial charge is 0.256 e. The molecule has 0 spiro atoms. The van der Waals surface area contributed by atoms with Gasteiger partial charge in [0, 0.05) is 30.5 Å². The van der Waals surface area contributed by atoms with Crippen molar-refractivity contribution in [2.75, 3.05) is 28.6 Å². The van der Waals surface area contributed by atoms with Gasteiger partial charge in [0.1, 0.15) is 0 Å². The summed E-state index contributed by atoms with van der Waals surface area (Å²) >= 11 is 1.59. The Morgan fingerprint density at radius 1 is 1.32 bits per heavy atom. The summed E-state index contributed by atoms with van der Waals surface area (Å²) in [7, 11) is 0. The molecule has 1 aliphatic rings. The fraction of sp³-hybridized carbons (Fsp3) is 0.263. The Hall–Kier alpha value is -2.60. The Labute approximate surface area is 151 Å². The summed E-state index contributed by atoms with van der Waals surface area (Å²) in [6.45, 7) is 7.25. The first kappa shape index (κ1) is 17.2. The molecule has 0 bridgehead atoms. The van der Waals surface area contributed by atoms with E-state index in [1.165, 1.54) is 6.92 Å². The number of carbonyl (C=O) groups is 2. The molecule has 2 N–H and O–H groups in total. The van der Waals surface area contributed by atoms with Crippen LogP contribution < -0.4 is 15.5 Å². The molecular weight excluding hydrogens is 334 g/mol. The molecular formula is C19H21N3O2S. The topological polar surface area (TPSA) is 61.4 Å². The third-order valence-electron chi connectivity index (χ3n) is 4.16. The summed E-state index contributed by atoms with van der Waals surface area (Å²) in [5, 5.41) is 7.77. The van der Waals surface area contributed by atoms with E-state index in [2.05, 4.69) is 29.4 Å². The van der Waals surface area contributed by atoms with Crippen LogP contribution in [0.15, 0.2) is 29.6 Å². The maximum Gasteiger partial charge on any atom is 0.256 e. The molecule has 0 saturated carbocycles. The molecule has 2 heterocycles. The third-order valence-corrected chi connectivity index (χ3v) is 4.98. The molecule has 6 heteroatoms. The summed E-state index contributed by atoms with van der Waals surface area (Å²) in [6.07, 6.45) is 1.91. The van der Waals surface area contributed by atoms with Crippen molar-refractivity contribution in [2.24, 2.45) is 0 Å². The summed E-state index contributed by atoms with van der Waals surface area (Å²) in [4.78, 5) is 27.2. The highest BCUT2D eigenvalue weighted by Gasteiger charge is 2.27. The largest absolute Gasteiger partial charge is 0.370 e. The molecule has 0 atom stereocenters. The van der Waals surface area contributed by atoms with Crippen molar-refractivity contribution in [1.29, 1.82) is 0 Å². The van der Waals surface area contributed by atoms with Gasteiger partial charge in [-0.05, 0) is 43.5 Å². The van der Waals surface area contributed by atoms with Crippen molar-refractivity contribution < 1.29 is 9.59 Å². The Morgan fingerprint density at radius 3 is 2.68 bits per heavy atom. The van der Waals surface area contributed by atoms with Gasteiger partial charge < -0.3 is 15.5 Å². The first-order chi connectivity index (χ1) is 12.0. The lowest BCUT2D eigenvalue weighted by molar-refractivity contribution is -0.114. The van der Waals surface area contributed by atoms with Gasteiger partial charge in [0.2, 0.25) is 5.91 Å². The Balaban J connectivity index is 2.13. The molecule has 2 aromatic rings. The normalized spacial score (nSPS) is 14.4. The van der Waals surface area contributed by atoms with E-state index >= 15 is 0 Å². The van der Waals surface area contributed by atoms with Crippen LogP contribution in [0.2, 0.25) is 0 Å². The number of amides is 2. The minimum absolute atomic E-state index is 0.117. The first-order valence-corrected chi connectivity index (χ1v) is 9.19. The Morgan fingerprint density at radius 2 is 2.08 bits per heavy atom. The van der Waals surface area contributed by atoms with E-state index in [0.717, 1.165) is 34.9 Å². The number of rotatable bonds is 5. The number of nitrogens with one attached hydrogen (secondary N) is 2. The van der Waals surface area contributed by atoms with Crippen molar-refractivity contribution >= 4 is 51.9 Å². The molecule has 0 unspecified atom stereocenters. The number of nitrogens with zero attached hydrogens (tertiary/aromatic N) is 1. The third kappa shape index (κ3) is 3.44. The van der Waals surface area contributed by atoms with Crippen LogP contribution in [-0.4, -0.2) is 24.9 Å². The maximum atomic E-state index is 12.4. The summed E-state index contributed by atoms with van der Waals surface area (Å²) in [5.74, 6) is -0.249. The van der Waals surface area contributed by atoms with Crippen molar-refractivity contribution in [1.82, 2.24) is 0 Å². The minimum Gasteiger partial charge on any atom is -0.370 e. The molecule has 0 aliphatic carbocycles. The van der Waals surface area contributed by atoms with Crippen LogP contribution in [-0.2, 0) is 9.59 Å². The van der Waals surface area contributed by atoms with E-state index in [-0.39, 0.29) is 11.8 Å². The second-order valence-corrected chi connectivity index (χ2v) is 6.78. The molecule has 0 radical (unpaired) electrons. The zero-order chi connectivity index (χ0) is 18.0. The number of carbonyl (C=O) groups excluding carboxylic acids is 2. The van der Waals surface area contributed by atoms with E-state index < -0.39 is 0 Å². The van der Waals surface area contributed by atoms with Gasteiger partial charge in [-0.1, -0.05) is 6.07 Å². The maximum absolute atomic E-state index is 12.4. The van der Waals surface area contributed by atoms with Gasteiger partial charge >= 0.3 is 0 Å². The average molecular weight is 355 g/mol. The molecule has 5 nitrogen and oxygen atoms in total. The fourth-order valence-electron chi connectivity index (χ4n) is 3.00. The van der Waals surface area contributed by atoms with Gasteiger partial charge in [-0.3, -0.25) is 9.59 Å². The fourth-order valence-corrected chi connectivity index (χ4v) is 3.66. The summed E-state index contributed by atoms with van der Waals surface area (Å²) in [5.41, 5.74) is 3.89. The van der Waals surface area contributed by atoms with E-state index in [4.69, 9.17) is 0 Å². The monoisotopic (exact) mass is 355 g/mol. The highest BCUT2D eigenvalue weighted by Crippen LogP contribution is 2.40. The number of hydrogen-bond donors (Lipinski definition) is 2. The second kappa shape index (κ2) is 7.11. The number of hydrogen-bond acceptors (Lipinski definition) is 4. The highest BCUT2D eigenvalue weighted by atomic mass is 32.1. The summed E-state index contributed by atoms with van der Waals surface area (Å²) < 4.78 is 0. The minimum atomic E-state index is -0.132. The van der Waals surface area contributed by atoms with Crippen LogP contribution in [0.1, 0.15) is 31.2 Å². The lowest BCUT2D eigenvalue weighted by atomic mass is 10.0. The summed E-state index contributed by atoms with van der Waals surface area (Å²) in [6, 6.07) is 7.79. The number of anilines is 3. The van der Waals surface area contributed by atoms with Crippen molar-refractivity contribution in [3.05, 3.63) is 40.1 Å². The lowest BCUT2D eigenvalue weighted by Crippen LogP contribution is -2.24. The number of fused-ring (bicyclic) bond motifs is 1. The van der Waals surface area contributed by atoms with Crippen LogP contribution in [0, 0.1) is 0 Å². The predicted octanol–water partition coefficient (Wildman–Crippen LogP) is 4.05. The van der Waals surface area contributed by atoms with E-state index in [9.17, 15) is 9.59 Å². The highest BCUT2D eigenvalue weighted by molar-refractivity contribution is 7.11. The van der Waals surface area contributed by atoms with E-state index in [0.29, 0.717) is 11.3 Å². The van der Waals surface area contributed by atoms with Crippen molar-refractivity contribution in [3.8, 4) is 0 Å². The SMILES string of the molecule is CCN(CC)c1cc2c(cc1NC(C)=O)NC(=O)/C2=C\c1cccs1. The van der Waals surface area contributed by atoms with Crippen LogP contribution in [0.4, 0.5) is 17.1 Å². The zero-order valence-corrected chi connectivity index (χ0v) is 15.4. The van der Waals surface area contributed by atoms with Crippen LogP contribution in [0.3, 0.4) is 0 Å². The average Bonchev–Trinajstić information content (AvgIpc) is 3.17. The second-order valence-electron chi connectivity index (χ2n) is 5.80. The molecule has 0 fully saturated rings. The van der Waals surface area contributed by atoms with Gasteiger partial charge in [0.05, 0.1) is 22.6 Å². The number of benzene rings is 1. The molecule has 3 rings (SSSR count). The van der Waals surface area contributed by atoms with E-state index in [1.54, 1.807) is 11.3 Å². The molecule has 1 aliphatic heterocycles. The van der Waals surface area contributed by atoms with Gasteiger partial charge in [-0.15, -0.1) is 11.3 Å². The van der Waals surface area contributed by atoms with Gasteiger partial charge in [0.25, 0.3) is 5.91 Å². The van der Waals surface area contributed by atoms with Gasteiger partial charge in [-0.25, -0.2) is 0 Å². The molecule has 2 amide bonds. The molecule has 1 aromatic heterocycles. The first-order valence-electron chi connectivity index (χ1n) is 8.31. The molecule has 130 valence electrons. The van der Waals surface area contributed by atoms with Crippen molar-refractivity contribution in [2.45, 2.75) is 20.8 Å². The Bertz CT molecular complexity index is 837. The van der Waals surface area contributed by atoms with Gasteiger partial charge in [0.15, 0.2) is 0 Å². The quantitative estimate of drug-likeness (QED) is 0.796. The van der Waals surface area contributed by atoms with Gasteiger partial charge in [-0.2, -0.15) is 0 Å². The molecule has 1 aromatic carbocycles. The molecule has 0 saturated heterocycles. The van der Waals surface area contributed by atoms with Crippen molar-refractivity contribution in [3.63, 3.8) is 0 Å². The molecule has 25 heavy (non-hydrogen) atoms. The van der Waals surface area contributed by atoms with E-state index in [1.807, 2.05) is 35.7 Å². The lowest BCUT2D eigenvalue weighted by Gasteiger charge is -2.25. The van der Waals surface area contributed by atoms with Crippen LogP contribution >= 0.6 is 11.3 Å². The Kier molecular flexibility index (Phi) is 4.90. The standard InChI is InChI=1S/C19H21N3O2S/c1-4-22(5-2)18-10-14-15(9-13-7-6-8-25-13)19(24)21-16(14)11-17(18)20-12(3)23/h6-11H,4-5H2,1-3H3,(H,20,23)(H,21,24)/b15-9-. The number of thiophene rings is 1. The van der Waals surface area contributed by atoms with Crippen LogP contribution in [0.5, 0.6) is 0 Å². The van der Waals surface area contributed by atoms with Crippen LogP contribution in [0.25, 0.3) is 11.6 Å².